The zero-order chi connectivity index (χ0) is 12.8. The lowest BCUT2D eigenvalue weighted by Gasteiger charge is -2.24. The lowest BCUT2D eigenvalue weighted by atomic mass is 9.83. The van der Waals surface area contributed by atoms with Crippen LogP contribution in [-0.4, -0.2) is 17.5 Å². The highest BCUT2D eigenvalue weighted by atomic mass is 16.5. The molecule has 0 aromatic carbocycles. The quantitative estimate of drug-likeness (QED) is 0.346. The second-order valence-electron chi connectivity index (χ2n) is 4.61. The van der Waals surface area contributed by atoms with Gasteiger partial charge in [0, 0.05) is 12.8 Å². The molecule has 0 bridgehead atoms. The third kappa shape index (κ3) is 3.27. The minimum Gasteiger partial charge on any atom is -0.375 e. The number of nitrogens with two attached hydrogens (primary N) is 1. The molecule has 5 heteroatoms. The monoisotopic (exact) mass is 249 g/mol. The van der Waals surface area contributed by atoms with Gasteiger partial charge < -0.3 is 4.74 Å². The summed E-state index contributed by atoms with van der Waals surface area (Å²) in [6.07, 6.45) is 6.76. The number of amides is 1. The van der Waals surface area contributed by atoms with Gasteiger partial charge in [-0.2, -0.15) is 0 Å². The standard InChI is InChI=1S/C13H19N3O2/c14-16-13(17)11-5-2-7-15-12(11)9-18-8-6-10-3-1-4-10/h2,5,7,10H,1,3-4,6,8-9,14H2,(H,16,17). The van der Waals surface area contributed by atoms with E-state index in [2.05, 4.69) is 10.4 Å². The normalized spacial score (nSPS) is 15.2. The molecule has 1 heterocycles. The fraction of sp³-hybridized carbons (Fsp3) is 0.538. The molecule has 1 aromatic heterocycles. The van der Waals surface area contributed by atoms with Crippen LogP contribution in [0.2, 0.25) is 0 Å². The number of rotatable bonds is 6. The van der Waals surface area contributed by atoms with Crippen molar-refractivity contribution in [2.24, 2.45) is 11.8 Å². The number of hydrogen-bond donors (Lipinski definition) is 2. The summed E-state index contributed by atoms with van der Waals surface area (Å²) in [4.78, 5) is 15.7. The van der Waals surface area contributed by atoms with E-state index in [-0.39, 0.29) is 5.91 Å². The molecule has 0 aliphatic heterocycles. The van der Waals surface area contributed by atoms with E-state index in [9.17, 15) is 4.79 Å². The summed E-state index contributed by atoms with van der Waals surface area (Å²) >= 11 is 0. The largest absolute Gasteiger partial charge is 0.375 e. The number of carbonyl (C=O) groups is 1. The van der Waals surface area contributed by atoms with E-state index in [1.807, 2.05) is 0 Å². The third-order valence-corrected chi connectivity index (χ3v) is 3.40. The molecule has 1 amide bonds. The Morgan fingerprint density at radius 2 is 2.39 bits per heavy atom. The maximum absolute atomic E-state index is 11.5. The number of aromatic nitrogens is 1. The Balaban J connectivity index is 1.82. The van der Waals surface area contributed by atoms with Crippen LogP contribution in [0.1, 0.15) is 41.7 Å². The Morgan fingerprint density at radius 1 is 1.56 bits per heavy atom. The van der Waals surface area contributed by atoms with Gasteiger partial charge in [-0.1, -0.05) is 19.3 Å². The van der Waals surface area contributed by atoms with Crippen molar-refractivity contribution in [2.75, 3.05) is 6.61 Å². The highest BCUT2D eigenvalue weighted by Crippen LogP contribution is 2.29. The fourth-order valence-corrected chi connectivity index (χ4v) is 2.04. The summed E-state index contributed by atoms with van der Waals surface area (Å²) < 4.78 is 5.58. The molecule has 1 aliphatic rings. The van der Waals surface area contributed by atoms with Gasteiger partial charge in [0.15, 0.2) is 0 Å². The minimum atomic E-state index is -0.333. The average Bonchev–Trinajstić information content (AvgIpc) is 2.36. The molecule has 1 aliphatic carbocycles. The molecule has 0 unspecified atom stereocenters. The van der Waals surface area contributed by atoms with Crippen LogP contribution in [-0.2, 0) is 11.3 Å². The Bertz CT molecular complexity index is 405. The van der Waals surface area contributed by atoms with Gasteiger partial charge in [-0.05, 0) is 24.5 Å². The first-order chi connectivity index (χ1) is 8.81. The fourth-order valence-electron chi connectivity index (χ4n) is 2.04. The molecule has 0 saturated heterocycles. The molecule has 1 saturated carbocycles. The van der Waals surface area contributed by atoms with Crippen molar-refractivity contribution in [1.29, 1.82) is 0 Å². The first-order valence-corrected chi connectivity index (χ1v) is 6.34. The van der Waals surface area contributed by atoms with Crippen molar-refractivity contribution in [3.05, 3.63) is 29.6 Å². The van der Waals surface area contributed by atoms with Gasteiger partial charge in [-0.3, -0.25) is 15.2 Å². The second kappa shape index (κ2) is 6.47. The van der Waals surface area contributed by atoms with Crippen molar-refractivity contribution in [1.82, 2.24) is 10.4 Å². The Kier molecular flexibility index (Phi) is 4.66. The zero-order valence-electron chi connectivity index (χ0n) is 10.4. The van der Waals surface area contributed by atoms with Crippen LogP contribution < -0.4 is 11.3 Å². The number of nitrogens with zero attached hydrogens (tertiary/aromatic N) is 1. The molecular formula is C13H19N3O2. The summed E-state index contributed by atoms with van der Waals surface area (Å²) in [5.74, 6) is 5.63. The van der Waals surface area contributed by atoms with Crippen molar-refractivity contribution in [3.63, 3.8) is 0 Å². The van der Waals surface area contributed by atoms with Crippen LogP contribution in [0.4, 0.5) is 0 Å². The number of carbonyl (C=O) groups excluding carboxylic acids is 1. The molecule has 18 heavy (non-hydrogen) atoms. The average molecular weight is 249 g/mol. The Hall–Kier alpha value is -1.46. The van der Waals surface area contributed by atoms with Crippen LogP contribution in [0.25, 0.3) is 0 Å². The van der Waals surface area contributed by atoms with Crippen LogP contribution >= 0.6 is 0 Å². The molecule has 98 valence electrons. The van der Waals surface area contributed by atoms with E-state index < -0.39 is 0 Å². The van der Waals surface area contributed by atoms with E-state index in [0.717, 1.165) is 18.9 Å². The molecule has 1 aromatic rings. The van der Waals surface area contributed by atoms with E-state index >= 15 is 0 Å². The molecule has 0 spiro atoms. The van der Waals surface area contributed by atoms with Gasteiger partial charge >= 0.3 is 0 Å². The van der Waals surface area contributed by atoms with Gasteiger partial charge in [0.2, 0.25) is 0 Å². The van der Waals surface area contributed by atoms with E-state index in [0.29, 0.717) is 17.9 Å². The van der Waals surface area contributed by atoms with Crippen LogP contribution in [0.5, 0.6) is 0 Å². The van der Waals surface area contributed by atoms with E-state index in [1.54, 1.807) is 18.3 Å². The summed E-state index contributed by atoms with van der Waals surface area (Å²) in [6.45, 7) is 1.08. The minimum absolute atomic E-state index is 0.333. The predicted molar refractivity (Wildman–Crippen MR) is 67.5 cm³/mol. The lowest BCUT2D eigenvalue weighted by molar-refractivity contribution is 0.0881. The number of pyridine rings is 1. The Morgan fingerprint density at radius 3 is 3.06 bits per heavy atom. The first-order valence-electron chi connectivity index (χ1n) is 6.34. The summed E-state index contributed by atoms with van der Waals surface area (Å²) in [6, 6.07) is 3.41. The Labute approximate surface area is 107 Å². The molecular weight excluding hydrogens is 230 g/mol. The summed E-state index contributed by atoms with van der Waals surface area (Å²) in [5.41, 5.74) is 3.22. The molecule has 0 atom stereocenters. The van der Waals surface area contributed by atoms with Gasteiger partial charge in [-0.15, -0.1) is 0 Å². The number of nitrogen functional groups attached to an aromatic ring is 1. The molecule has 3 N–H and O–H groups in total. The van der Waals surface area contributed by atoms with E-state index in [4.69, 9.17) is 10.6 Å². The number of nitrogens with one attached hydrogen (secondary N) is 1. The molecule has 2 rings (SSSR count). The number of hydrogen-bond acceptors (Lipinski definition) is 4. The van der Waals surface area contributed by atoms with Crippen LogP contribution in [0.3, 0.4) is 0 Å². The maximum atomic E-state index is 11.5. The maximum Gasteiger partial charge on any atom is 0.267 e. The van der Waals surface area contributed by atoms with Gasteiger partial charge in [0.05, 0.1) is 17.9 Å². The van der Waals surface area contributed by atoms with Crippen LogP contribution in [0.15, 0.2) is 18.3 Å². The highest BCUT2D eigenvalue weighted by molar-refractivity contribution is 5.94. The highest BCUT2D eigenvalue weighted by Gasteiger charge is 2.17. The smallest absolute Gasteiger partial charge is 0.267 e. The topological polar surface area (TPSA) is 77.2 Å². The van der Waals surface area contributed by atoms with E-state index in [1.165, 1.54) is 19.3 Å². The van der Waals surface area contributed by atoms with Crippen molar-refractivity contribution in [3.8, 4) is 0 Å². The van der Waals surface area contributed by atoms with Crippen LogP contribution in [0, 0.1) is 5.92 Å². The van der Waals surface area contributed by atoms with Crippen molar-refractivity contribution >= 4 is 5.91 Å². The van der Waals surface area contributed by atoms with Gasteiger partial charge in [-0.25, -0.2) is 5.84 Å². The number of ether oxygens (including phenoxy) is 1. The molecule has 5 nitrogen and oxygen atoms in total. The second-order valence-corrected chi connectivity index (χ2v) is 4.61. The summed E-state index contributed by atoms with van der Waals surface area (Å²) in [7, 11) is 0. The first kappa shape index (κ1) is 13.0. The van der Waals surface area contributed by atoms with Gasteiger partial charge in [0.25, 0.3) is 5.91 Å². The van der Waals surface area contributed by atoms with Crippen molar-refractivity contribution in [2.45, 2.75) is 32.3 Å². The van der Waals surface area contributed by atoms with Crippen molar-refractivity contribution < 1.29 is 9.53 Å². The zero-order valence-corrected chi connectivity index (χ0v) is 10.4. The number of hydrazine groups is 1. The predicted octanol–water partition coefficient (Wildman–Crippen LogP) is 1.39. The molecule has 0 radical (unpaired) electrons. The third-order valence-electron chi connectivity index (χ3n) is 3.40. The summed E-state index contributed by atoms with van der Waals surface area (Å²) in [5, 5.41) is 0. The lowest BCUT2D eigenvalue weighted by Crippen LogP contribution is -2.31. The van der Waals surface area contributed by atoms with Gasteiger partial charge in [0.1, 0.15) is 0 Å². The SMILES string of the molecule is NNC(=O)c1cccnc1COCCC1CCC1. The molecule has 1 fully saturated rings.